The Labute approximate surface area is 279 Å². The highest BCUT2D eigenvalue weighted by molar-refractivity contribution is 7.25. The van der Waals surface area contributed by atoms with Crippen LogP contribution in [0.25, 0.3) is 98.2 Å². The first-order valence-electron chi connectivity index (χ1n) is 15.9. The summed E-state index contributed by atoms with van der Waals surface area (Å²) < 4.78 is 9.14. The summed E-state index contributed by atoms with van der Waals surface area (Å²) in [6.45, 7) is 0. The summed E-state index contributed by atoms with van der Waals surface area (Å²) in [7, 11) is 0. The Hall–Kier alpha value is -6.17. The van der Waals surface area contributed by atoms with Gasteiger partial charge in [-0.1, -0.05) is 109 Å². The minimum atomic E-state index is 0.606. The Bertz CT molecular complexity index is 2780. The van der Waals surface area contributed by atoms with Gasteiger partial charge in [0.15, 0.2) is 17.5 Å². The third-order valence-electron chi connectivity index (χ3n) is 9.11. The van der Waals surface area contributed by atoms with Crippen LogP contribution in [0.1, 0.15) is 0 Å². The molecule has 0 radical (unpaired) electrons. The first-order chi connectivity index (χ1) is 23.8. The molecule has 0 aliphatic heterocycles. The van der Waals surface area contributed by atoms with Gasteiger partial charge in [-0.05, 0) is 64.4 Å². The van der Waals surface area contributed by atoms with Gasteiger partial charge in [0.05, 0.1) is 0 Å². The Morgan fingerprint density at radius 2 is 1.04 bits per heavy atom. The lowest BCUT2D eigenvalue weighted by molar-refractivity contribution is 0.669. The highest BCUT2D eigenvalue weighted by Gasteiger charge is 2.23. The maximum absolute atomic E-state index is 6.59. The molecule has 4 nitrogen and oxygen atoms in total. The number of hydrogen-bond donors (Lipinski definition) is 0. The van der Waals surface area contributed by atoms with E-state index >= 15 is 0 Å². The van der Waals surface area contributed by atoms with E-state index in [1.54, 1.807) is 0 Å². The largest absolute Gasteiger partial charge is 0.456 e. The molecule has 10 rings (SSSR count). The predicted octanol–water partition coefficient (Wildman–Crippen LogP) is 12.0. The summed E-state index contributed by atoms with van der Waals surface area (Å²) in [5.41, 5.74) is 6.56. The lowest BCUT2D eigenvalue weighted by Crippen LogP contribution is -2.01. The van der Waals surface area contributed by atoms with Crippen LogP contribution in [0.4, 0.5) is 0 Å². The van der Waals surface area contributed by atoms with Gasteiger partial charge in [-0.2, -0.15) is 0 Å². The van der Waals surface area contributed by atoms with Crippen molar-refractivity contribution in [3.8, 4) is 45.3 Å². The number of hydrogen-bond acceptors (Lipinski definition) is 5. The van der Waals surface area contributed by atoms with Crippen molar-refractivity contribution in [2.75, 3.05) is 0 Å². The maximum Gasteiger partial charge on any atom is 0.165 e. The van der Waals surface area contributed by atoms with E-state index in [4.69, 9.17) is 19.4 Å². The number of furan rings is 1. The van der Waals surface area contributed by atoms with Crippen LogP contribution in [0.15, 0.2) is 156 Å². The van der Waals surface area contributed by atoms with Crippen LogP contribution in [0, 0.1) is 0 Å². The number of thiophene rings is 1. The van der Waals surface area contributed by atoms with E-state index in [1.807, 2.05) is 72.0 Å². The fourth-order valence-electron chi connectivity index (χ4n) is 6.84. The van der Waals surface area contributed by atoms with Gasteiger partial charge in [0.2, 0.25) is 0 Å². The molecule has 0 aliphatic rings. The topological polar surface area (TPSA) is 51.8 Å². The second-order valence-corrected chi connectivity index (χ2v) is 13.1. The summed E-state index contributed by atoms with van der Waals surface area (Å²) in [5.74, 6) is 1.86. The molecule has 7 aromatic carbocycles. The van der Waals surface area contributed by atoms with Gasteiger partial charge >= 0.3 is 0 Å². The summed E-state index contributed by atoms with van der Waals surface area (Å²) in [4.78, 5) is 15.4. The lowest BCUT2D eigenvalue weighted by atomic mass is 9.93. The SMILES string of the molecule is c1ccc(-c2nc(-c3ccccc3)nc(-c3c(-c4ccc5sc6ccccc6c5c4)ccc4oc5cc6ccccc6cc5c34)n2)cc1. The van der Waals surface area contributed by atoms with Crippen molar-refractivity contribution in [2.24, 2.45) is 0 Å². The summed E-state index contributed by atoms with van der Waals surface area (Å²) in [6.07, 6.45) is 0. The fraction of sp³-hybridized carbons (Fsp3) is 0. The number of nitrogens with zero attached hydrogens (tertiary/aromatic N) is 3. The van der Waals surface area contributed by atoms with Crippen molar-refractivity contribution in [3.05, 3.63) is 152 Å². The number of rotatable bonds is 4. The second kappa shape index (κ2) is 10.7. The Balaban J connectivity index is 1.33. The zero-order valence-electron chi connectivity index (χ0n) is 25.6. The van der Waals surface area contributed by atoms with Crippen LogP contribution in [-0.2, 0) is 0 Å². The number of benzene rings is 7. The summed E-state index contributed by atoms with van der Waals surface area (Å²) in [5, 5.41) is 6.82. The van der Waals surface area contributed by atoms with Gasteiger partial charge in [-0.25, -0.2) is 15.0 Å². The first-order valence-corrected chi connectivity index (χ1v) is 16.8. The first kappa shape index (κ1) is 27.0. The highest BCUT2D eigenvalue weighted by atomic mass is 32.1. The van der Waals surface area contributed by atoms with E-state index in [1.165, 1.54) is 20.2 Å². The zero-order chi connectivity index (χ0) is 31.6. The van der Waals surface area contributed by atoms with E-state index in [0.29, 0.717) is 17.5 Å². The molecule has 0 saturated carbocycles. The van der Waals surface area contributed by atoms with Gasteiger partial charge < -0.3 is 4.42 Å². The van der Waals surface area contributed by atoms with Crippen LogP contribution in [0.3, 0.4) is 0 Å². The minimum absolute atomic E-state index is 0.606. The number of aromatic nitrogens is 3. The van der Waals surface area contributed by atoms with Gasteiger partial charge in [0.25, 0.3) is 0 Å². The van der Waals surface area contributed by atoms with E-state index in [-0.39, 0.29) is 0 Å². The predicted molar refractivity (Wildman–Crippen MR) is 199 cm³/mol. The highest BCUT2D eigenvalue weighted by Crippen LogP contribution is 2.45. The quantitative estimate of drug-likeness (QED) is 0.194. The standard InChI is InChI=1S/C43H25N3OS/c1-3-11-26(12-4-1)41-44-42(27-13-5-2-6-14-27)46-43(45-41)40-31(30-19-22-38-33(24-30)32-17-9-10-18-37(32)48-38)20-21-35-39(40)34-23-28-15-7-8-16-29(28)25-36(34)47-35/h1-25H. The van der Waals surface area contributed by atoms with Crippen molar-refractivity contribution >= 4 is 64.2 Å². The van der Waals surface area contributed by atoms with Crippen LogP contribution in [0.2, 0.25) is 0 Å². The van der Waals surface area contributed by atoms with Crippen molar-refractivity contribution in [1.82, 2.24) is 15.0 Å². The Kier molecular flexibility index (Phi) is 6.01. The molecule has 5 heteroatoms. The average Bonchev–Trinajstić information content (AvgIpc) is 3.71. The maximum atomic E-state index is 6.59. The molecule has 0 spiro atoms. The Morgan fingerprint density at radius 3 is 1.79 bits per heavy atom. The smallest absolute Gasteiger partial charge is 0.165 e. The lowest BCUT2D eigenvalue weighted by Gasteiger charge is -2.14. The third kappa shape index (κ3) is 4.33. The summed E-state index contributed by atoms with van der Waals surface area (Å²) >= 11 is 1.82. The molecule has 224 valence electrons. The van der Waals surface area contributed by atoms with E-state index in [0.717, 1.165) is 60.5 Å². The normalized spacial score (nSPS) is 11.8. The summed E-state index contributed by atoms with van der Waals surface area (Å²) in [6, 6.07) is 52.7. The molecule has 0 unspecified atom stereocenters. The molecule has 0 amide bonds. The van der Waals surface area contributed by atoms with Crippen molar-refractivity contribution in [3.63, 3.8) is 0 Å². The second-order valence-electron chi connectivity index (χ2n) is 12.0. The van der Waals surface area contributed by atoms with Crippen molar-refractivity contribution in [2.45, 2.75) is 0 Å². The van der Waals surface area contributed by atoms with Crippen molar-refractivity contribution < 1.29 is 4.42 Å². The zero-order valence-corrected chi connectivity index (χ0v) is 26.4. The third-order valence-corrected chi connectivity index (χ3v) is 10.3. The monoisotopic (exact) mass is 631 g/mol. The molecule has 0 fully saturated rings. The average molecular weight is 632 g/mol. The van der Waals surface area contributed by atoms with Crippen molar-refractivity contribution in [1.29, 1.82) is 0 Å². The molecule has 0 N–H and O–H groups in total. The van der Waals surface area contributed by atoms with Crippen LogP contribution in [0.5, 0.6) is 0 Å². The van der Waals surface area contributed by atoms with Gasteiger partial charge in [0, 0.05) is 47.6 Å². The minimum Gasteiger partial charge on any atom is -0.456 e. The van der Waals surface area contributed by atoms with E-state index in [2.05, 4.69) is 91.0 Å². The molecule has 3 aromatic heterocycles. The molecular formula is C43H25N3OS. The van der Waals surface area contributed by atoms with Crippen LogP contribution in [-0.4, -0.2) is 15.0 Å². The fourth-order valence-corrected chi connectivity index (χ4v) is 7.93. The molecule has 0 atom stereocenters. The molecular weight excluding hydrogens is 607 g/mol. The van der Waals surface area contributed by atoms with Gasteiger partial charge in [0.1, 0.15) is 11.2 Å². The van der Waals surface area contributed by atoms with E-state index < -0.39 is 0 Å². The molecule has 0 aliphatic carbocycles. The Morgan fingerprint density at radius 1 is 0.417 bits per heavy atom. The van der Waals surface area contributed by atoms with Gasteiger partial charge in [-0.3, -0.25) is 0 Å². The number of fused-ring (bicyclic) bond motifs is 7. The molecule has 48 heavy (non-hydrogen) atoms. The molecule has 0 bridgehead atoms. The molecule has 0 saturated heterocycles. The van der Waals surface area contributed by atoms with Crippen LogP contribution >= 0.6 is 11.3 Å². The van der Waals surface area contributed by atoms with Crippen LogP contribution < -0.4 is 0 Å². The molecule has 10 aromatic rings. The molecule has 3 heterocycles. The van der Waals surface area contributed by atoms with Gasteiger partial charge in [-0.15, -0.1) is 11.3 Å². The van der Waals surface area contributed by atoms with E-state index in [9.17, 15) is 0 Å².